The number of hydrogen-bond donors (Lipinski definition) is 1. The van der Waals surface area contributed by atoms with E-state index in [2.05, 4.69) is 15.3 Å². The van der Waals surface area contributed by atoms with Gasteiger partial charge in [-0.05, 0) is 25.0 Å². The van der Waals surface area contributed by atoms with Crippen molar-refractivity contribution < 1.29 is 18.3 Å². The van der Waals surface area contributed by atoms with E-state index in [1.54, 1.807) is 12.3 Å². The van der Waals surface area contributed by atoms with E-state index in [1.165, 1.54) is 17.4 Å². The number of hydrogen-bond acceptors (Lipinski definition) is 6. The molecule has 3 aromatic rings. The van der Waals surface area contributed by atoms with E-state index >= 15 is 0 Å². The van der Waals surface area contributed by atoms with Crippen LogP contribution in [0.2, 0.25) is 0 Å². The van der Waals surface area contributed by atoms with Gasteiger partial charge in [0.15, 0.2) is 16.6 Å². The molecule has 4 rings (SSSR count). The van der Waals surface area contributed by atoms with Crippen molar-refractivity contribution in [3.05, 3.63) is 42.1 Å². The van der Waals surface area contributed by atoms with Crippen molar-refractivity contribution in [3.63, 3.8) is 0 Å². The molecule has 0 saturated carbocycles. The van der Waals surface area contributed by atoms with Gasteiger partial charge in [-0.2, -0.15) is 0 Å². The van der Waals surface area contributed by atoms with E-state index in [9.17, 15) is 8.78 Å². The number of aromatic nitrogens is 2. The van der Waals surface area contributed by atoms with Crippen molar-refractivity contribution in [2.24, 2.45) is 0 Å². The van der Waals surface area contributed by atoms with Gasteiger partial charge in [-0.15, -0.1) is 0 Å². The molecular formula is C17H15F2N3O2S. The highest BCUT2D eigenvalue weighted by Gasteiger charge is 2.15. The van der Waals surface area contributed by atoms with Crippen molar-refractivity contribution in [1.82, 2.24) is 9.97 Å². The van der Waals surface area contributed by atoms with Crippen LogP contribution in [0.5, 0.6) is 10.8 Å². The Morgan fingerprint density at radius 1 is 1.20 bits per heavy atom. The Morgan fingerprint density at radius 3 is 2.84 bits per heavy atom. The standard InChI is InChI=1S/C17H15F2N3O2S/c18-11-1-2-14(13(19)8-11)24-15-7-10-9-20-17(22-16(10)25-15)21-12-3-5-23-6-4-12/h1-2,7-9,12H,3-6H2,(H,20,21,22). The zero-order valence-electron chi connectivity index (χ0n) is 13.2. The third-order valence-electron chi connectivity index (χ3n) is 3.91. The molecule has 1 aromatic carbocycles. The molecule has 0 aliphatic carbocycles. The SMILES string of the molecule is Fc1ccc(Oc2cc3cnc(NC4CCOCC4)nc3s2)c(F)c1. The second-order valence-corrected chi connectivity index (χ2v) is 6.72. The number of thiophene rings is 1. The van der Waals surface area contributed by atoms with Gasteiger partial charge in [0.05, 0.1) is 0 Å². The quantitative estimate of drug-likeness (QED) is 0.747. The molecule has 0 radical (unpaired) electrons. The van der Waals surface area contributed by atoms with Gasteiger partial charge >= 0.3 is 0 Å². The van der Waals surface area contributed by atoms with E-state index in [1.807, 2.05) is 0 Å². The normalized spacial score (nSPS) is 15.4. The number of benzene rings is 1. The summed E-state index contributed by atoms with van der Waals surface area (Å²) < 4.78 is 37.5. The third-order valence-corrected chi connectivity index (χ3v) is 4.83. The predicted octanol–water partition coefficient (Wildman–Crippen LogP) is 4.35. The fraction of sp³-hybridized carbons (Fsp3) is 0.294. The van der Waals surface area contributed by atoms with Crippen LogP contribution in [0, 0.1) is 11.6 Å². The van der Waals surface area contributed by atoms with Gasteiger partial charge in [0.2, 0.25) is 5.95 Å². The number of rotatable bonds is 4. The maximum absolute atomic E-state index is 13.7. The minimum absolute atomic E-state index is 0.0264. The number of nitrogens with zero attached hydrogens (tertiary/aromatic N) is 2. The molecule has 2 aromatic heterocycles. The molecule has 0 amide bonds. The molecule has 0 spiro atoms. The summed E-state index contributed by atoms with van der Waals surface area (Å²) in [4.78, 5) is 9.54. The average Bonchev–Trinajstić information content (AvgIpc) is 3.00. The highest BCUT2D eigenvalue weighted by molar-refractivity contribution is 7.20. The number of halogens is 2. The van der Waals surface area contributed by atoms with E-state index in [0.29, 0.717) is 17.1 Å². The third kappa shape index (κ3) is 3.69. The van der Waals surface area contributed by atoms with Crippen molar-refractivity contribution in [1.29, 1.82) is 0 Å². The molecule has 5 nitrogen and oxygen atoms in total. The van der Waals surface area contributed by atoms with Gasteiger partial charge in [0.25, 0.3) is 0 Å². The number of anilines is 1. The van der Waals surface area contributed by atoms with Crippen LogP contribution in [0.15, 0.2) is 30.5 Å². The Labute approximate surface area is 146 Å². The predicted molar refractivity (Wildman–Crippen MR) is 91.3 cm³/mol. The molecule has 1 N–H and O–H groups in total. The van der Waals surface area contributed by atoms with Crippen LogP contribution in [-0.2, 0) is 4.74 Å². The van der Waals surface area contributed by atoms with Crippen LogP contribution in [0.3, 0.4) is 0 Å². The lowest BCUT2D eigenvalue weighted by Gasteiger charge is -2.22. The minimum atomic E-state index is -0.745. The van der Waals surface area contributed by atoms with E-state index in [4.69, 9.17) is 9.47 Å². The minimum Gasteiger partial charge on any atom is -0.444 e. The van der Waals surface area contributed by atoms with Crippen LogP contribution in [0.25, 0.3) is 10.2 Å². The average molecular weight is 363 g/mol. The first-order chi connectivity index (χ1) is 12.2. The molecule has 25 heavy (non-hydrogen) atoms. The van der Waals surface area contributed by atoms with E-state index in [0.717, 1.165) is 48.4 Å². The summed E-state index contributed by atoms with van der Waals surface area (Å²) >= 11 is 1.28. The Morgan fingerprint density at radius 2 is 2.04 bits per heavy atom. The molecule has 1 saturated heterocycles. The van der Waals surface area contributed by atoms with Crippen LogP contribution in [0.4, 0.5) is 14.7 Å². The summed E-state index contributed by atoms with van der Waals surface area (Å²) in [5, 5.41) is 4.59. The molecule has 0 unspecified atom stereocenters. The maximum atomic E-state index is 13.7. The van der Waals surface area contributed by atoms with Crippen LogP contribution in [-0.4, -0.2) is 29.2 Å². The monoisotopic (exact) mass is 363 g/mol. The Kier molecular flexibility index (Phi) is 4.46. The zero-order chi connectivity index (χ0) is 17.2. The number of nitrogens with one attached hydrogen (secondary N) is 1. The Bertz CT molecular complexity index is 897. The largest absolute Gasteiger partial charge is 0.444 e. The van der Waals surface area contributed by atoms with Crippen LogP contribution < -0.4 is 10.1 Å². The molecular weight excluding hydrogens is 348 g/mol. The molecule has 0 atom stereocenters. The first kappa shape index (κ1) is 16.2. The summed E-state index contributed by atoms with van der Waals surface area (Å²) in [6.45, 7) is 1.47. The smallest absolute Gasteiger partial charge is 0.224 e. The van der Waals surface area contributed by atoms with E-state index < -0.39 is 11.6 Å². The Hall–Kier alpha value is -2.32. The zero-order valence-corrected chi connectivity index (χ0v) is 14.0. The second kappa shape index (κ2) is 6.89. The molecule has 0 bridgehead atoms. The summed E-state index contributed by atoms with van der Waals surface area (Å²) in [7, 11) is 0. The molecule has 3 heterocycles. The van der Waals surface area contributed by atoms with Gasteiger partial charge in [0.1, 0.15) is 10.6 Å². The lowest BCUT2D eigenvalue weighted by atomic mass is 10.1. The van der Waals surface area contributed by atoms with Crippen molar-refractivity contribution in [3.8, 4) is 10.8 Å². The highest BCUT2D eigenvalue weighted by atomic mass is 32.1. The fourth-order valence-electron chi connectivity index (χ4n) is 2.62. The number of fused-ring (bicyclic) bond motifs is 1. The molecule has 8 heteroatoms. The van der Waals surface area contributed by atoms with Crippen molar-refractivity contribution >= 4 is 27.5 Å². The molecule has 1 aliphatic heterocycles. The van der Waals surface area contributed by atoms with E-state index in [-0.39, 0.29) is 5.75 Å². The molecule has 130 valence electrons. The van der Waals surface area contributed by atoms with Crippen molar-refractivity contribution in [2.45, 2.75) is 18.9 Å². The lowest BCUT2D eigenvalue weighted by molar-refractivity contribution is 0.0903. The summed E-state index contributed by atoms with van der Waals surface area (Å²) in [6.07, 6.45) is 3.54. The highest BCUT2D eigenvalue weighted by Crippen LogP contribution is 2.35. The lowest BCUT2D eigenvalue weighted by Crippen LogP contribution is -2.28. The summed E-state index contributed by atoms with van der Waals surface area (Å²) in [6, 6.07) is 5.25. The topological polar surface area (TPSA) is 56.3 Å². The number of ether oxygens (including phenoxy) is 2. The Balaban J connectivity index is 1.53. The molecule has 1 fully saturated rings. The second-order valence-electron chi connectivity index (χ2n) is 5.73. The van der Waals surface area contributed by atoms with Gasteiger partial charge in [0, 0.05) is 43.0 Å². The van der Waals surface area contributed by atoms with Crippen molar-refractivity contribution in [2.75, 3.05) is 18.5 Å². The van der Waals surface area contributed by atoms with Crippen LogP contribution >= 0.6 is 11.3 Å². The van der Waals surface area contributed by atoms with Gasteiger partial charge in [-0.25, -0.2) is 18.7 Å². The fourth-order valence-corrected chi connectivity index (χ4v) is 3.49. The summed E-state index contributed by atoms with van der Waals surface area (Å²) in [5.74, 6) is -0.858. The maximum Gasteiger partial charge on any atom is 0.224 e. The molecule has 1 aliphatic rings. The first-order valence-corrected chi connectivity index (χ1v) is 8.73. The first-order valence-electron chi connectivity index (χ1n) is 7.91. The summed E-state index contributed by atoms with van der Waals surface area (Å²) in [5.41, 5.74) is 0. The van der Waals surface area contributed by atoms with Gasteiger partial charge in [-0.3, -0.25) is 0 Å². The van der Waals surface area contributed by atoms with Gasteiger partial charge < -0.3 is 14.8 Å². The van der Waals surface area contributed by atoms with Crippen LogP contribution in [0.1, 0.15) is 12.8 Å². The van der Waals surface area contributed by atoms with Gasteiger partial charge in [-0.1, -0.05) is 11.3 Å².